The van der Waals surface area contributed by atoms with E-state index in [2.05, 4.69) is 5.32 Å². The lowest BCUT2D eigenvalue weighted by molar-refractivity contribution is -0.155. The first kappa shape index (κ1) is 5.69. The van der Waals surface area contributed by atoms with Crippen molar-refractivity contribution in [2.24, 2.45) is 0 Å². The van der Waals surface area contributed by atoms with E-state index in [1.165, 1.54) is 25.8 Å². The molecule has 0 radical (unpaired) electrons. The first-order valence-electron chi connectivity index (χ1n) is 3.76. The first-order chi connectivity index (χ1) is 4.41. The van der Waals surface area contributed by atoms with Crippen LogP contribution in [0.3, 0.4) is 0 Å². The molecule has 0 aromatic rings. The molecule has 2 fully saturated rings. The van der Waals surface area contributed by atoms with Gasteiger partial charge in [0.2, 0.25) is 0 Å². The lowest BCUT2D eigenvalue weighted by atomic mass is 9.87. The van der Waals surface area contributed by atoms with E-state index in [-0.39, 0.29) is 5.60 Å². The molecule has 1 atom stereocenters. The summed E-state index contributed by atoms with van der Waals surface area (Å²) in [7, 11) is 0. The number of hydrogen-bond acceptors (Lipinski definition) is 2. The molecule has 2 aliphatic heterocycles. The summed E-state index contributed by atoms with van der Waals surface area (Å²) in [5.74, 6) is 0. The van der Waals surface area contributed by atoms with Crippen molar-refractivity contribution in [2.45, 2.75) is 24.9 Å². The van der Waals surface area contributed by atoms with E-state index in [0.29, 0.717) is 0 Å². The molecule has 2 nitrogen and oxygen atoms in total. The van der Waals surface area contributed by atoms with Crippen LogP contribution in [0.2, 0.25) is 0 Å². The highest BCUT2D eigenvalue weighted by molar-refractivity contribution is 4.92. The molecular formula is C7H13NO. The van der Waals surface area contributed by atoms with Crippen molar-refractivity contribution in [3.8, 4) is 0 Å². The summed E-state index contributed by atoms with van der Waals surface area (Å²) < 4.78 is 5.50. The highest BCUT2D eigenvalue weighted by Gasteiger charge is 2.38. The van der Waals surface area contributed by atoms with Crippen LogP contribution in [0.1, 0.15) is 19.3 Å². The SMILES string of the molecule is C1CNC[C@]2(C1)CCO2. The maximum absolute atomic E-state index is 5.50. The second-order valence-corrected chi connectivity index (χ2v) is 3.06. The minimum absolute atomic E-state index is 0.290. The van der Waals surface area contributed by atoms with Crippen LogP contribution < -0.4 is 5.32 Å². The molecule has 0 aliphatic carbocycles. The van der Waals surface area contributed by atoms with E-state index in [0.717, 1.165) is 13.2 Å². The zero-order valence-corrected chi connectivity index (χ0v) is 5.65. The van der Waals surface area contributed by atoms with Crippen LogP contribution in [-0.4, -0.2) is 25.3 Å². The fraction of sp³-hybridized carbons (Fsp3) is 1.00. The van der Waals surface area contributed by atoms with Crippen molar-refractivity contribution in [3.05, 3.63) is 0 Å². The molecule has 2 rings (SSSR count). The van der Waals surface area contributed by atoms with Gasteiger partial charge in [0.15, 0.2) is 0 Å². The van der Waals surface area contributed by atoms with Gasteiger partial charge in [-0.25, -0.2) is 0 Å². The van der Waals surface area contributed by atoms with Gasteiger partial charge in [-0.3, -0.25) is 0 Å². The molecular weight excluding hydrogens is 114 g/mol. The van der Waals surface area contributed by atoms with Gasteiger partial charge in [-0.1, -0.05) is 0 Å². The number of hydrogen-bond donors (Lipinski definition) is 1. The van der Waals surface area contributed by atoms with E-state index in [1.54, 1.807) is 0 Å². The molecule has 2 heteroatoms. The Labute approximate surface area is 55.6 Å². The Morgan fingerprint density at radius 1 is 1.33 bits per heavy atom. The molecule has 0 aromatic carbocycles. The van der Waals surface area contributed by atoms with Crippen molar-refractivity contribution >= 4 is 0 Å². The number of piperidine rings is 1. The highest BCUT2D eigenvalue weighted by Crippen LogP contribution is 2.32. The Balaban J connectivity index is 1.93. The third-order valence-electron chi connectivity index (χ3n) is 2.40. The van der Waals surface area contributed by atoms with Crippen LogP contribution in [-0.2, 0) is 4.74 Å². The maximum atomic E-state index is 5.50. The van der Waals surface area contributed by atoms with Crippen molar-refractivity contribution in [1.29, 1.82) is 0 Å². The molecule has 1 spiro atoms. The zero-order chi connectivity index (χ0) is 6.16. The van der Waals surface area contributed by atoms with Crippen LogP contribution in [0.15, 0.2) is 0 Å². The van der Waals surface area contributed by atoms with Gasteiger partial charge in [0.1, 0.15) is 0 Å². The summed E-state index contributed by atoms with van der Waals surface area (Å²) in [6, 6.07) is 0. The molecule has 2 saturated heterocycles. The molecule has 1 N–H and O–H groups in total. The van der Waals surface area contributed by atoms with Gasteiger partial charge in [0.05, 0.1) is 12.2 Å². The molecule has 0 aromatic heterocycles. The topological polar surface area (TPSA) is 21.3 Å². The fourth-order valence-electron chi connectivity index (χ4n) is 1.67. The molecule has 2 heterocycles. The molecule has 0 amide bonds. The fourth-order valence-corrected chi connectivity index (χ4v) is 1.67. The molecule has 0 unspecified atom stereocenters. The second-order valence-electron chi connectivity index (χ2n) is 3.06. The summed E-state index contributed by atoms with van der Waals surface area (Å²) in [6.45, 7) is 3.26. The van der Waals surface area contributed by atoms with Gasteiger partial charge >= 0.3 is 0 Å². The van der Waals surface area contributed by atoms with Crippen LogP contribution >= 0.6 is 0 Å². The number of rotatable bonds is 0. The number of nitrogens with one attached hydrogen (secondary N) is 1. The Kier molecular flexibility index (Phi) is 1.24. The van der Waals surface area contributed by atoms with Crippen LogP contribution in [0.4, 0.5) is 0 Å². The van der Waals surface area contributed by atoms with Crippen molar-refractivity contribution < 1.29 is 4.74 Å². The third kappa shape index (κ3) is 0.864. The molecule has 52 valence electrons. The van der Waals surface area contributed by atoms with Crippen molar-refractivity contribution in [3.63, 3.8) is 0 Å². The van der Waals surface area contributed by atoms with Crippen LogP contribution in [0.25, 0.3) is 0 Å². The summed E-state index contributed by atoms with van der Waals surface area (Å²) in [5, 5.41) is 3.35. The monoisotopic (exact) mass is 127 g/mol. The van der Waals surface area contributed by atoms with Gasteiger partial charge in [-0.15, -0.1) is 0 Å². The summed E-state index contributed by atoms with van der Waals surface area (Å²) in [6.07, 6.45) is 3.85. The Morgan fingerprint density at radius 3 is 2.56 bits per heavy atom. The Hall–Kier alpha value is -0.0800. The van der Waals surface area contributed by atoms with Gasteiger partial charge in [0, 0.05) is 13.0 Å². The quantitative estimate of drug-likeness (QED) is 0.512. The standard InChI is InChI=1S/C7H13NO/c1-2-7(3-5-9-7)6-8-4-1/h8H,1-6H2/t7-/m0/s1. The van der Waals surface area contributed by atoms with Gasteiger partial charge < -0.3 is 10.1 Å². The van der Waals surface area contributed by atoms with Crippen molar-refractivity contribution in [1.82, 2.24) is 5.32 Å². The predicted molar refractivity (Wildman–Crippen MR) is 35.4 cm³/mol. The average molecular weight is 127 g/mol. The second kappa shape index (κ2) is 1.96. The smallest absolute Gasteiger partial charge is 0.0828 e. The minimum Gasteiger partial charge on any atom is -0.373 e. The van der Waals surface area contributed by atoms with E-state index >= 15 is 0 Å². The van der Waals surface area contributed by atoms with Gasteiger partial charge in [-0.2, -0.15) is 0 Å². The van der Waals surface area contributed by atoms with E-state index in [9.17, 15) is 0 Å². The highest BCUT2D eigenvalue weighted by atomic mass is 16.5. The Bertz CT molecular complexity index is 101. The summed E-state index contributed by atoms with van der Waals surface area (Å²) in [4.78, 5) is 0. The zero-order valence-electron chi connectivity index (χ0n) is 5.65. The van der Waals surface area contributed by atoms with Gasteiger partial charge in [-0.05, 0) is 19.4 Å². The third-order valence-corrected chi connectivity index (χ3v) is 2.40. The van der Waals surface area contributed by atoms with Crippen LogP contribution in [0, 0.1) is 0 Å². The van der Waals surface area contributed by atoms with Crippen molar-refractivity contribution in [2.75, 3.05) is 19.7 Å². The van der Waals surface area contributed by atoms with E-state index in [4.69, 9.17) is 4.74 Å². The summed E-state index contributed by atoms with van der Waals surface area (Å²) >= 11 is 0. The molecule has 0 saturated carbocycles. The van der Waals surface area contributed by atoms with E-state index in [1.807, 2.05) is 0 Å². The molecule has 0 bridgehead atoms. The first-order valence-corrected chi connectivity index (χ1v) is 3.76. The number of ether oxygens (including phenoxy) is 1. The van der Waals surface area contributed by atoms with Gasteiger partial charge in [0.25, 0.3) is 0 Å². The normalized spacial score (nSPS) is 42.7. The lowest BCUT2D eigenvalue weighted by Gasteiger charge is -2.44. The predicted octanol–water partition coefficient (Wildman–Crippen LogP) is 0.529. The average Bonchev–Trinajstić information content (AvgIpc) is 1.87. The largest absolute Gasteiger partial charge is 0.373 e. The summed E-state index contributed by atoms with van der Waals surface area (Å²) in [5.41, 5.74) is 0.290. The molecule has 2 aliphatic rings. The molecule has 9 heavy (non-hydrogen) atoms. The Morgan fingerprint density at radius 2 is 2.22 bits per heavy atom. The van der Waals surface area contributed by atoms with Crippen LogP contribution in [0.5, 0.6) is 0 Å². The maximum Gasteiger partial charge on any atom is 0.0828 e. The van der Waals surface area contributed by atoms with E-state index < -0.39 is 0 Å². The lowest BCUT2D eigenvalue weighted by Crippen LogP contribution is -2.54. The minimum atomic E-state index is 0.290.